The summed E-state index contributed by atoms with van der Waals surface area (Å²) in [5, 5.41) is 11.5. The van der Waals surface area contributed by atoms with Gasteiger partial charge >= 0.3 is 0 Å². The van der Waals surface area contributed by atoms with Gasteiger partial charge in [0.2, 0.25) is 5.91 Å². The van der Waals surface area contributed by atoms with E-state index in [1.165, 1.54) is 0 Å². The molecule has 0 aliphatic rings. The quantitative estimate of drug-likeness (QED) is 0.775. The van der Waals surface area contributed by atoms with Crippen molar-refractivity contribution in [3.8, 4) is 0 Å². The summed E-state index contributed by atoms with van der Waals surface area (Å²) in [5.41, 5.74) is 2.15. The third-order valence-electron chi connectivity index (χ3n) is 2.13. The molecule has 0 saturated heterocycles. The van der Waals surface area contributed by atoms with Crippen LogP contribution < -0.4 is 5.32 Å². The molecule has 0 aliphatic carbocycles. The Labute approximate surface area is 90.1 Å². The third-order valence-corrected chi connectivity index (χ3v) is 2.13. The van der Waals surface area contributed by atoms with Crippen molar-refractivity contribution < 1.29 is 9.90 Å². The van der Waals surface area contributed by atoms with E-state index in [1.807, 2.05) is 31.2 Å². The van der Waals surface area contributed by atoms with Crippen molar-refractivity contribution in [3.05, 3.63) is 35.4 Å². The van der Waals surface area contributed by atoms with Crippen LogP contribution in [0.1, 0.15) is 18.1 Å². The van der Waals surface area contributed by atoms with Crippen molar-refractivity contribution in [2.75, 3.05) is 6.61 Å². The Hall–Kier alpha value is -1.35. The molecule has 2 N–H and O–H groups in total. The van der Waals surface area contributed by atoms with Gasteiger partial charge in [-0.3, -0.25) is 4.79 Å². The summed E-state index contributed by atoms with van der Waals surface area (Å²) in [5.74, 6) is -0.0536. The van der Waals surface area contributed by atoms with Crippen molar-refractivity contribution >= 4 is 5.91 Å². The van der Waals surface area contributed by atoms with Gasteiger partial charge < -0.3 is 10.4 Å². The molecule has 3 nitrogen and oxygen atoms in total. The van der Waals surface area contributed by atoms with Crippen LogP contribution in [-0.2, 0) is 11.2 Å². The molecule has 0 radical (unpaired) electrons. The first-order chi connectivity index (χ1) is 7.11. The Balaban J connectivity index is 2.51. The minimum atomic E-state index is -0.178. The maximum atomic E-state index is 11.5. The van der Waals surface area contributed by atoms with E-state index in [0.717, 1.165) is 11.1 Å². The molecule has 1 unspecified atom stereocenters. The molecule has 1 rings (SSSR count). The highest BCUT2D eigenvalue weighted by atomic mass is 16.3. The number of aliphatic hydroxyl groups excluding tert-OH is 1. The van der Waals surface area contributed by atoms with E-state index >= 15 is 0 Å². The van der Waals surface area contributed by atoms with Crippen molar-refractivity contribution in [2.45, 2.75) is 26.3 Å². The standard InChI is InChI=1S/C12H17NO2/c1-9-4-3-5-11(6-9)7-12(15)13-10(2)8-14/h3-6,10,14H,7-8H2,1-2H3,(H,13,15). The molecule has 0 aromatic heterocycles. The first-order valence-electron chi connectivity index (χ1n) is 5.07. The number of aliphatic hydroxyl groups is 1. The van der Waals surface area contributed by atoms with Crippen molar-refractivity contribution in [1.29, 1.82) is 0 Å². The van der Waals surface area contributed by atoms with Crippen LogP contribution in [0.5, 0.6) is 0 Å². The first-order valence-corrected chi connectivity index (χ1v) is 5.07. The van der Waals surface area contributed by atoms with E-state index in [4.69, 9.17) is 5.11 Å². The zero-order chi connectivity index (χ0) is 11.3. The van der Waals surface area contributed by atoms with Gasteiger partial charge in [0, 0.05) is 6.04 Å². The molecule has 0 saturated carbocycles. The number of carbonyl (C=O) groups excluding carboxylic acids is 1. The van der Waals surface area contributed by atoms with Crippen LogP contribution in [0.25, 0.3) is 0 Å². The Kier molecular flexibility index (Phi) is 4.31. The highest BCUT2D eigenvalue weighted by Crippen LogP contribution is 2.04. The molecule has 1 aromatic rings. The average molecular weight is 207 g/mol. The summed E-state index contributed by atoms with van der Waals surface area (Å²) >= 11 is 0. The van der Waals surface area contributed by atoms with Gasteiger partial charge in [-0.1, -0.05) is 29.8 Å². The van der Waals surface area contributed by atoms with E-state index in [9.17, 15) is 4.79 Å². The lowest BCUT2D eigenvalue weighted by Gasteiger charge is -2.10. The normalized spacial score (nSPS) is 12.2. The fourth-order valence-corrected chi connectivity index (χ4v) is 1.38. The third kappa shape index (κ3) is 4.13. The highest BCUT2D eigenvalue weighted by molar-refractivity contribution is 5.78. The van der Waals surface area contributed by atoms with Gasteiger partial charge in [-0.25, -0.2) is 0 Å². The predicted octanol–water partition coefficient (Wildman–Crippen LogP) is 1.03. The molecule has 0 heterocycles. The fourth-order valence-electron chi connectivity index (χ4n) is 1.38. The van der Waals surface area contributed by atoms with E-state index in [1.54, 1.807) is 6.92 Å². The van der Waals surface area contributed by atoms with Gasteiger partial charge in [0.1, 0.15) is 0 Å². The van der Waals surface area contributed by atoms with Crippen LogP contribution in [0.3, 0.4) is 0 Å². The summed E-state index contributed by atoms with van der Waals surface area (Å²) in [6.07, 6.45) is 0.367. The molecule has 1 amide bonds. The lowest BCUT2D eigenvalue weighted by Crippen LogP contribution is -2.35. The van der Waals surface area contributed by atoms with Gasteiger partial charge in [-0.05, 0) is 19.4 Å². The topological polar surface area (TPSA) is 49.3 Å². The Bertz CT molecular complexity index is 336. The van der Waals surface area contributed by atoms with Gasteiger partial charge in [0.05, 0.1) is 13.0 Å². The van der Waals surface area contributed by atoms with Gasteiger partial charge in [-0.2, -0.15) is 0 Å². The summed E-state index contributed by atoms with van der Waals surface area (Å²) in [4.78, 5) is 11.5. The van der Waals surface area contributed by atoms with Crippen LogP contribution in [0.4, 0.5) is 0 Å². The number of hydrogen-bond acceptors (Lipinski definition) is 2. The second-order valence-electron chi connectivity index (χ2n) is 3.82. The van der Waals surface area contributed by atoms with E-state index in [2.05, 4.69) is 5.32 Å². The lowest BCUT2D eigenvalue weighted by atomic mass is 10.1. The number of aryl methyl sites for hydroxylation is 1. The van der Waals surface area contributed by atoms with Crippen LogP contribution >= 0.6 is 0 Å². The van der Waals surface area contributed by atoms with Crippen molar-refractivity contribution in [3.63, 3.8) is 0 Å². The zero-order valence-corrected chi connectivity index (χ0v) is 9.16. The number of rotatable bonds is 4. The van der Waals surface area contributed by atoms with Crippen molar-refractivity contribution in [2.24, 2.45) is 0 Å². The zero-order valence-electron chi connectivity index (χ0n) is 9.16. The molecule has 0 aliphatic heterocycles. The maximum Gasteiger partial charge on any atom is 0.224 e. The van der Waals surface area contributed by atoms with Crippen LogP contribution in [-0.4, -0.2) is 23.7 Å². The second kappa shape index (κ2) is 5.51. The van der Waals surface area contributed by atoms with Gasteiger partial charge in [-0.15, -0.1) is 0 Å². The molecule has 1 aromatic carbocycles. The molecule has 0 bridgehead atoms. The van der Waals surface area contributed by atoms with Gasteiger partial charge in [0.15, 0.2) is 0 Å². The van der Waals surface area contributed by atoms with Crippen LogP contribution in [0.2, 0.25) is 0 Å². The minimum Gasteiger partial charge on any atom is -0.394 e. The molecular weight excluding hydrogens is 190 g/mol. The molecular formula is C12H17NO2. The summed E-state index contributed by atoms with van der Waals surface area (Å²) in [6, 6.07) is 7.67. The summed E-state index contributed by atoms with van der Waals surface area (Å²) < 4.78 is 0. The Morgan fingerprint density at radius 3 is 2.87 bits per heavy atom. The van der Waals surface area contributed by atoms with E-state index in [0.29, 0.717) is 6.42 Å². The Morgan fingerprint density at radius 1 is 1.53 bits per heavy atom. The van der Waals surface area contributed by atoms with E-state index < -0.39 is 0 Å². The predicted molar refractivity (Wildman–Crippen MR) is 59.6 cm³/mol. The number of amides is 1. The number of carbonyl (C=O) groups is 1. The molecule has 0 spiro atoms. The van der Waals surface area contributed by atoms with Crippen LogP contribution in [0, 0.1) is 6.92 Å². The van der Waals surface area contributed by atoms with Gasteiger partial charge in [0.25, 0.3) is 0 Å². The summed E-state index contributed by atoms with van der Waals surface area (Å²) in [6.45, 7) is 3.74. The lowest BCUT2D eigenvalue weighted by molar-refractivity contribution is -0.121. The Morgan fingerprint density at radius 2 is 2.27 bits per heavy atom. The number of nitrogens with one attached hydrogen (secondary N) is 1. The first kappa shape index (κ1) is 11.7. The minimum absolute atomic E-state index is 0.0282. The SMILES string of the molecule is Cc1cccc(CC(=O)NC(C)CO)c1. The monoisotopic (exact) mass is 207 g/mol. The average Bonchev–Trinajstić information content (AvgIpc) is 2.17. The highest BCUT2D eigenvalue weighted by Gasteiger charge is 2.06. The molecule has 0 fully saturated rings. The smallest absolute Gasteiger partial charge is 0.224 e. The number of hydrogen-bond donors (Lipinski definition) is 2. The fraction of sp³-hybridized carbons (Fsp3) is 0.417. The van der Waals surface area contributed by atoms with E-state index in [-0.39, 0.29) is 18.6 Å². The molecule has 3 heteroatoms. The van der Waals surface area contributed by atoms with Crippen molar-refractivity contribution in [1.82, 2.24) is 5.32 Å². The largest absolute Gasteiger partial charge is 0.394 e. The molecule has 15 heavy (non-hydrogen) atoms. The summed E-state index contributed by atoms with van der Waals surface area (Å²) in [7, 11) is 0. The number of benzene rings is 1. The van der Waals surface area contributed by atoms with Crippen LogP contribution in [0.15, 0.2) is 24.3 Å². The molecule has 1 atom stereocenters. The maximum absolute atomic E-state index is 11.5. The molecule has 82 valence electrons. The second-order valence-corrected chi connectivity index (χ2v) is 3.82.